The first-order chi connectivity index (χ1) is 16.9. The van der Waals surface area contributed by atoms with Crippen LogP contribution < -0.4 is 10.2 Å². The summed E-state index contributed by atoms with van der Waals surface area (Å²) in [5.74, 6) is -2.09. The van der Waals surface area contributed by atoms with Gasteiger partial charge in [-0.1, -0.05) is 30.7 Å². The molecule has 0 aromatic heterocycles. The van der Waals surface area contributed by atoms with E-state index in [1.165, 1.54) is 12.1 Å². The summed E-state index contributed by atoms with van der Waals surface area (Å²) >= 11 is 6.25. The molecule has 1 saturated heterocycles. The Morgan fingerprint density at radius 3 is 2.34 bits per heavy atom. The van der Waals surface area contributed by atoms with Crippen LogP contribution in [0.25, 0.3) is 0 Å². The monoisotopic (exact) mass is 495 g/mol. The molecule has 2 aliphatic heterocycles. The Morgan fingerprint density at radius 1 is 0.971 bits per heavy atom. The fraction of sp³-hybridized carbons (Fsp3) is 0.308. The zero-order chi connectivity index (χ0) is 24.9. The first-order valence-electron chi connectivity index (χ1n) is 11.6. The molecule has 0 atom stereocenters. The van der Waals surface area contributed by atoms with E-state index in [9.17, 15) is 19.2 Å². The molecule has 1 N–H and O–H groups in total. The van der Waals surface area contributed by atoms with E-state index in [4.69, 9.17) is 16.3 Å². The van der Waals surface area contributed by atoms with Crippen molar-refractivity contribution in [2.45, 2.75) is 32.6 Å². The molecule has 2 heterocycles. The Kier molecular flexibility index (Phi) is 7.51. The molecule has 9 heteroatoms. The summed E-state index contributed by atoms with van der Waals surface area (Å²) in [4.78, 5) is 54.0. The molecule has 1 fully saturated rings. The number of imide groups is 1. The molecule has 2 aromatic rings. The van der Waals surface area contributed by atoms with Gasteiger partial charge in [0.05, 0.1) is 17.9 Å². The highest BCUT2D eigenvalue weighted by atomic mass is 35.5. The summed E-state index contributed by atoms with van der Waals surface area (Å²) in [6.45, 7) is 3.59. The molecule has 0 saturated carbocycles. The lowest BCUT2D eigenvalue weighted by molar-refractivity contribution is -0.120. The minimum atomic E-state index is -0.744. The number of rotatable bonds is 7. The highest BCUT2D eigenvalue weighted by Gasteiger charge is 2.40. The van der Waals surface area contributed by atoms with Gasteiger partial charge in [-0.3, -0.25) is 14.4 Å². The van der Waals surface area contributed by atoms with Crippen LogP contribution in [0.5, 0.6) is 0 Å². The number of esters is 1. The van der Waals surface area contributed by atoms with E-state index in [0.717, 1.165) is 37.3 Å². The quantitative estimate of drug-likeness (QED) is 0.454. The first-order valence-corrected chi connectivity index (χ1v) is 12.0. The fourth-order valence-corrected chi connectivity index (χ4v) is 4.28. The number of halogens is 1. The molecular weight excluding hydrogens is 470 g/mol. The van der Waals surface area contributed by atoms with Gasteiger partial charge in [0.25, 0.3) is 17.7 Å². The molecule has 4 rings (SSSR count). The summed E-state index contributed by atoms with van der Waals surface area (Å²) in [5.41, 5.74) is 1.12. The zero-order valence-electron chi connectivity index (χ0n) is 19.4. The van der Waals surface area contributed by atoms with Crippen LogP contribution in [0.15, 0.2) is 59.3 Å². The van der Waals surface area contributed by atoms with Crippen molar-refractivity contribution in [2.24, 2.45) is 0 Å². The number of hydrogen-bond donors (Lipinski definition) is 1. The van der Waals surface area contributed by atoms with Gasteiger partial charge in [-0.05, 0) is 62.1 Å². The van der Waals surface area contributed by atoms with Crippen molar-refractivity contribution in [2.75, 3.05) is 29.9 Å². The summed E-state index contributed by atoms with van der Waals surface area (Å²) < 4.78 is 5.19. The third kappa shape index (κ3) is 5.07. The second kappa shape index (κ2) is 10.7. The van der Waals surface area contributed by atoms with E-state index in [-0.39, 0.29) is 34.5 Å². The minimum absolute atomic E-state index is 0.0293. The van der Waals surface area contributed by atoms with E-state index in [2.05, 4.69) is 5.32 Å². The van der Waals surface area contributed by atoms with Gasteiger partial charge in [-0.15, -0.1) is 0 Å². The first kappa shape index (κ1) is 24.5. The van der Waals surface area contributed by atoms with E-state index in [0.29, 0.717) is 17.7 Å². The summed E-state index contributed by atoms with van der Waals surface area (Å²) in [7, 11) is 0. The van der Waals surface area contributed by atoms with Crippen LogP contribution in [0.4, 0.5) is 11.4 Å². The highest BCUT2D eigenvalue weighted by molar-refractivity contribution is 6.53. The SMILES string of the molecule is CCCOC(=O)c1ccccc1N1C(=O)C(Cl)=C(Nc2ccc(C(=O)N3CCCCC3)cc2)C1=O. The van der Waals surface area contributed by atoms with Crippen molar-refractivity contribution in [1.82, 2.24) is 4.90 Å². The van der Waals surface area contributed by atoms with Gasteiger partial charge in [0.1, 0.15) is 10.7 Å². The van der Waals surface area contributed by atoms with Gasteiger partial charge >= 0.3 is 5.97 Å². The molecule has 0 bridgehead atoms. The van der Waals surface area contributed by atoms with Crippen LogP contribution in [0.2, 0.25) is 0 Å². The molecule has 2 aromatic carbocycles. The maximum absolute atomic E-state index is 13.2. The molecule has 0 aliphatic carbocycles. The second-order valence-electron chi connectivity index (χ2n) is 8.34. The third-order valence-electron chi connectivity index (χ3n) is 5.87. The summed E-state index contributed by atoms with van der Waals surface area (Å²) in [6, 6.07) is 12.9. The smallest absolute Gasteiger partial charge is 0.340 e. The maximum atomic E-state index is 13.2. The van der Waals surface area contributed by atoms with Crippen LogP contribution in [-0.4, -0.2) is 48.3 Å². The number of nitrogens with zero attached hydrogens (tertiary/aromatic N) is 2. The lowest BCUT2D eigenvalue weighted by Crippen LogP contribution is -2.35. The number of piperidine rings is 1. The lowest BCUT2D eigenvalue weighted by atomic mass is 10.1. The lowest BCUT2D eigenvalue weighted by Gasteiger charge is -2.26. The molecule has 2 aliphatic rings. The van der Waals surface area contributed by atoms with Crippen molar-refractivity contribution in [3.05, 3.63) is 70.4 Å². The predicted molar refractivity (Wildman–Crippen MR) is 132 cm³/mol. The van der Waals surface area contributed by atoms with E-state index >= 15 is 0 Å². The number of anilines is 2. The average molecular weight is 496 g/mol. The molecule has 3 amide bonds. The zero-order valence-corrected chi connectivity index (χ0v) is 20.1. The van der Waals surface area contributed by atoms with Crippen LogP contribution in [0, 0.1) is 0 Å². The number of amides is 3. The van der Waals surface area contributed by atoms with Gasteiger partial charge in [-0.2, -0.15) is 0 Å². The number of likely N-dealkylation sites (tertiary alicyclic amines) is 1. The average Bonchev–Trinajstić information content (AvgIpc) is 3.10. The largest absolute Gasteiger partial charge is 0.462 e. The van der Waals surface area contributed by atoms with Crippen LogP contribution >= 0.6 is 11.6 Å². The van der Waals surface area contributed by atoms with Crippen molar-refractivity contribution < 1.29 is 23.9 Å². The van der Waals surface area contributed by atoms with Crippen molar-refractivity contribution in [3.63, 3.8) is 0 Å². The number of para-hydroxylation sites is 1. The van der Waals surface area contributed by atoms with Crippen molar-refractivity contribution in [3.8, 4) is 0 Å². The Labute approximate surface area is 208 Å². The molecule has 0 radical (unpaired) electrons. The number of benzene rings is 2. The van der Waals surface area contributed by atoms with Crippen molar-refractivity contribution in [1.29, 1.82) is 0 Å². The molecule has 182 valence electrons. The van der Waals surface area contributed by atoms with E-state index < -0.39 is 17.8 Å². The number of hydrogen-bond acceptors (Lipinski definition) is 6. The second-order valence-corrected chi connectivity index (χ2v) is 8.72. The minimum Gasteiger partial charge on any atom is -0.462 e. The van der Waals surface area contributed by atoms with Gasteiger partial charge in [0, 0.05) is 24.3 Å². The number of carbonyl (C=O) groups excluding carboxylic acids is 4. The van der Waals surface area contributed by atoms with Gasteiger partial charge < -0.3 is 15.0 Å². The third-order valence-corrected chi connectivity index (χ3v) is 6.22. The molecule has 8 nitrogen and oxygen atoms in total. The molecule has 0 unspecified atom stereocenters. The topological polar surface area (TPSA) is 96.0 Å². The van der Waals surface area contributed by atoms with Gasteiger partial charge in [0.2, 0.25) is 0 Å². The normalized spacial score (nSPS) is 16.1. The van der Waals surface area contributed by atoms with E-state index in [1.54, 1.807) is 36.4 Å². The van der Waals surface area contributed by atoms with Crippen LogP contribution in [-0.2, 0) is 14.3 Å². The Bertz CT molecular complexity index is 1190. The maximum Gasteiger partial charge on any atom is 0.340 e. The number of nitrogens with one attached hydrogen (secondary N) is 1. The number of carbonyl (C=O) groups is 4. The van der Waals surface area contributed by atoms with Crippen LogP contribution in [0.3, 0.4) is 0 Å². The number of ether oxygens (including phenoxy) is 1. The molecular formula is C26H26ClN3O5. The Hall–Kier alpha value is -3.65. The molecule has 35 heavy (non-hydrogen) atoms. The van der Waals surface area contributed by atoms with Crippen molar-refractivity contribution >= 4 is 46.7 Å². The fourth-order valence-electron chi connectivity index (χ4n) is 4.06. The Balaban J connectivity index is 1.52. The highest BCUT2D eigenvalue weighted by Crippen LogP contribution is 2.32. The summed E-state index contributed by atoms with van der Waals surface area (Å²) in [5, 5.41) is 2.60. The standard InChI is InChI=1S/C26H26ClN3O5/c1-2-16-35-26(34)19-8-4-5-9-20(19)30-24(32)21(27)22(25(30)33)28-18-12-10-17(11-13-18)23(31)29-14-6-3-7-15-29/h4-5,8-13,28H,2-3,6-7,14-16H2,1H3. The predicted octanol–water partition coefficient (Wildman–Crippen LogP) is 4.32. The molecule has 0 spiro atoms. The summed E-state index contributed by atoms with van der Waals surface area (Å²) in [6.07, 6.45) is 3.78. The van der Waals surface area contributed by atoms with Gasteiger partial charge in [-0.25, -0.2) is 9.69 Å². The Morgan fingerprint density at radius 2 is 1.66 bits per heavy atom. The van der Waals surface area contributed by atoms with E-state index in [1.807, 2.05) is 11.8 Å². The van der Waals surface area contributed by atoms with Crippen LogP contribution in [0.1, 0.15) is 53.3 Å². The van der Waals surface area contributed by atoms with Gasteiger partial charge in [0.15, 0.2) is 0 Å².